The second-order valence-electron chi connectivity index (χ2n) is 5.57. The number of nitrogens with zero attached hydrogens (tertiary/aromatic N) is 2. The van der Waals surface area contributed by atoms with Crippen LogP contribution in [0.1, 0.15) is 25.7 Å². The Bertz CT molecular complexity index is 396. The number of rotatable bonds is 3. The smallest absolute Gasteiger partial charge is 0.303 e. The zero-order valence-corrected chi connectivity index (χ0v) is 11.2. The van der Waals surface area contributed by atoms with E-state index in [4.69, 9.17) is 5.11 Å². The lowest BCUT2D eigenvalue weighted by Gasteiger charge is -2.33. The van der Waals surface area contributed by atoms with Gasteiger partial charge in [-0.3, -0.25) is 14.4 Å². The van der Waals surface area contributed by atoms with Gasteiger partial charge in [-0.05, 0) is 18.8 Å². The summed E-state index contributed by atoms with van der Waals surface area (Å²) in [5.41, 5.74) is 0. The van der Waals surface area contributed by atoms with Crippen molar-refractivity contribution in [1.29, 1.82) is 0 Å². The van der Waals surface area contributed by atoms with Crippen LogP contribution in [0.5, 0.6) is 0 Å². The van der Waals surface area contributed by atoms with E-state index in [1.807, 2.05) is 0 Å². The van der Waals surface area contributed by atoms with Gasteiger partial charge in [0.25, 0.3) is 0 Å². The number of aliphatic carboxylic acids is 1. The minimum absolute atomic E-state index is 0.00721. The van der Waals surface area contributed by atoms with Gasteiger partial charge in [0.15, 0.2) is 0 Å². The van der Waals surface area contributed by atoms with Crippen molar-refractivity contribution >= 4 is 17.8 Å². The molecule has 0 saturated carbocycles. The molecule has 0 aromatic heterocycles. The summed E-state index contributed by atoms with van der Waals surface area (Å²) in [6.45, 7) is 1.68. The predicted molar refractivity (Wildman–Crippen MR) is 67.3 cm³/mol. The maximum Gasteiger partial charge on any atom is 0.303 e. The van der Waals surface area contributed by atoms with E-state index < -0.39 is 5.97 Å². The van der Waals surface area contributed by atoms with Crippen LogP contribution in [-0.4, -0.2) is 59.4 Å². The van der Waals surface area contributed by atoms with E-state index in [1.165, 1.54) is 0 Å². The lowest BCUT2D eigenvalue weighted by molar-refractivity contribution is -0.142. The molecule has 0 aliphatic carbocycles. The largest absolute Gasteiger partial charge is 0.481 e. The SMILES string of the molecule is CN1CC(C(=O)N2CCCC(CC(=O)O)C2)CC1=O. The fraction of sp³-hybridized carbons (Fsp3) is 0.769. The molecule has 1 N–H and O–H groups in total. The Kier molecular flexibility index (Phi) is 4.07. The van der Waals surface area contributed by atoms with Crippen LogP contribution < -0.4 is 0 Å². The molecule has 2 atom stereocenters. The third kappa shape index (κ3) is 3.24. The van der Waals surface area contributed by atoms with E-state index in [-0.39, 0.29) is 36.5 Å². The maximum absolute atomic E-state index is 12.3. The molecule has 0 aromatic rings. The van der Waals surface area contributed by atoms with Gasteiger partial charge in [-0.15, -0.1) is 0 Å². The minimum atomic E-state index is -0.810. The maximum atomic E-state index is 12.3. The first kappa shape index (κ1) is 13.8. The molecule has 2 rings (SSSR count). The number of carbonyl (C=O) groups excluding carboxylic acids is 2. The monoisotopic (exact) mass is 268 g/mol. The van der Waals surface area contributed by atoms with Gasteiger partial charge in [-0.25, -0.2) is 0 Å². The molecule has 2 unspecified atom stereocenters. The summed E-state index contributed by atoms with van der Waals surface area (Å²) in [6.07, 6.45) is 2.11. The van der Waals surface area contributed by atoms with E-state index in [9.17, 15) is 14.4 Å². The second-order valence-corrected chi connectivity index (χ2v) is 5.57. The molecule has 0 radical (unpaired) electrons. The topological polar surface area (TPSA) is 77.9 Å². The van der Waals surface area contributed by atoms with Crippen molar-refractivity contribution in [3.63, 3.8) is 0 Å². The zero-order chi connectivity index (χ0) is 14.0. The van der Waals surface area contributed by atoms with Crippen molar-refractivity contribution in [3.8, 4) is 0 Å². The highest BCUT2D eigenvalue weighted by atomic mass is 16.4. The first-order valence-corrected chi connectivity index (χ1v) is 6.72. The second kappa shape index (κ2) is 5.59. The highest BCUT2D eigenvalue weighted by molar-refractivity contribution is 5.89. The third-order valence-electron chi connectivity index (χ3n) is 3.98. The zero-order valence-electron chi connectivity index (χ0n) is 11.2. The molecular formula is C13H20N2O4. The summed E-state index contributed by atoms with van der Waals surface area (Å²) < 4.78 is 0. The van der Waals surface area contributed by atoms with Crippen LogP contribution in [0, 0.1) is 11.8 Å². The Hall–Kier alpha value is -1.59. The van der Waals surface area contributed by atoms with E-state index >= 15 is 0 Å². The van der Waals surface area contributed by atoms with Gasteiger partial charge in [0.2, 0.25) is 11.8 Å². The summed E-state index contributed by atoms with van der Waals surface area (Å²) in [5.74, 6) is -0.994. The van der Waals surface area contributed by atoms with Crippen molar-refractivity contribution < 1.29 is 19.5 Å². The number of amides is 2. The van der Waals surface area contributed by atoms with Crippen molar-refractivity contribution in [3.05, 3.63) is 0 Å². The Morgan fingerprint density at radius 2 is 2.11 bits per heavy atom. The van der Waals surface area contributed by atoms with Gasteiger partial charge in [0.05, 0.1) is 5.92 Å². The standard InChI is InChI=1S/C13H20N2O4/c1-14-8-10(6-11(14)16)13(19)15-4-2-3-9(7-15)5-12(17)18/h9-10H,2-8H2,1H3,(H,17,18). The summed E-state index contributed by atoms with van der Waals surface area (Å²) >= 11 is 0. The van der Waals surface area contributed by atoms with Crippen LogP contribution in [0.2, 0.25) is 0 Å². The van der Waals surface area contributed by atoms with E-state index in [1.54, 1.807) is 16.8 Å². The molecule has 2 heterocycles. The molecule has 6 heteroatoms. The van der Waals surface area contributed by atoms with Crippen LogP contribution in [0.25, 0.3) is 0 Å². The van der Waals surface area contributed by atoms with Crippen molar-refractivity contribution in [2.75, 3.05) is 26.7 Å². The van der Waals surface area contributed by atoms with Crippen LogP contribution in [0.4, 0.5) is 0 Å². The van der Waals surface area contributed by atoms with E-state index in [0.29, 0.717) is 19.6 Å². The molecule has 2 aliphatic rings. The predicted octanol–water partition coefficient (Wildman–Crippen LogP) is 0.178. The third-order valence-corrected chi connectivity index (χ3v) is 3.98. The molecule has 0 aromatic carbocycles. The number of piperidine rings is 1. The molecule has 2 saturated heterocycles. The first-order chi connectivity index (χ1) is 8.97. The van der Waals surface area contributed by atoms with Crippen molar-refractivity contribution in [1.82, 2.24) is 9.80 Å². The number of hydrogen-bond donors (Lipinski definition) is 1. The number of carboxylic acid groups (broad SMARTS) is 1. The molecule has 106 valence electrons. The van der Waals surface area contributed by atoms with Crippen molar-refractivity contribution in [2.45, 2.75) is 25.7 Å². The van der Waals surface area contributed by atoms with Crippen molar-refractivity contribution in [2.24, 2.45) is 11.8 Å². The summed E-state index contributed by atoms with van der Waals surface area (Å²) in [6, 6.07) is 0. The van der Waals surface area contributed by atoms with Gasteiger partial charge in [0, 0.05) is 39.5 Å². The van der Waals surface area contributed by atoms with E-state index in [0.717, 1.165) is 12.8 Å². The number of carbonyl (C=O) groups is 3. The number of carboxylic acids is 1. The summed E-state index contributed by atoms with van der Waals surface area (Å²) in [7, 11) is 1.71. The van der Waals surface area contributed by atoms with Gasteiger partial charge in [0.1, 0.15) is 0 Å². The lowest BCUT2D eigenvalue weighted by atomic mass is 9.93. The molecule has 0 spiro atoms. The fourth-order valence-electron chi connectivity index (χ4n) is 2.97. The highest BCUT2D eigenvalue weighted by Gasteiger charge is 2.36. The molecule has 0 bridgehead atoms. The van der Waals surface area contributed by atoms with Crippen LogP contribution in [-0.2, 0) is 14.4 Å². The Labute approximate surface area is 112 Å². The lowest BCUT2D eigenvalue weighted by Crippen LogP contribution is -2.44. The normalized spacial score (nSPS) is 27.7. The molecular weight excluding hydrogens is 248 g/mol. The molecule has 19 heavy (non-hydrogen) atoms. The van der Waals surface area contributed by atoms with Crippen LogP contribution >= 0.6 is 0 Å². The summed E-state index contributed by atoms with van der Waals surface area (Å²) in [5, 5.41) is 8.82. The highest BCUT2D eigenvalue weighted by Crippen LogP contribution is 2.24. The van der Waals surface area contributed by atoms with Gasteiger partial charge < -0.3 is 14.9 Å². The van der Waals surface area contributed by atoms with Gasteiger partial charge in [-0.2, -0.15) is 0 Å². The van der Waals surface area contributed by atoms with Gasteiger partial charge in [-0.1, -0.05) is 0 Å². The fourth-order valence-corrected chi connectivity index (χ4v) is 2.97. The van der Waals surface area contributed by atoms with Gasteiger partial charge >= 0.3 is 5.97 Å². The average Bonchev–Trinajstić information content (AvgIpc) is 2.68. The number of hydrogen-bond acceptors (Lipinski definition) is 3. The molecule has 2 aliphatic heterocycles. The number of likely N-dealkylation sites (tertiary alicyclic amines) is 2. The summed E-state index contributed by atoms with van der Waals surface area (Å²) in [4.78, 5) is 37.8. The van der Waals surface area contributed by atoms with Crippen LogP contribution in [0.3, 0.4) is 0 Å². The average molecular weight is 268 g/mol. The Morgan fingerprint density at radius 1 is 1.37 bits per heavy atom. The van der Waals surface area contributed by atoms with E-state index in [2.05, 4.69) is 0 Å². The minimum Gasteiger partial charge on any atom is -0.481 e. The first-order valence-electron chi connectivity index (χ1n) is 6.72. The Morgan fingerprint density at radius 3 is 2.68 bits per heavy atom. The molecule has 2 amide bonds. The molecule has 2 fully saturated rings. The van der Waals surface area contributed by atoms with Crippen LogP contribution in [0.15, 0.2) is 0 Å². The quantitative estimate of drug-likeness (QED) is 0.792. The molecule has 6 nitrogen and oxygen atoms in total. The Balaban J connectivity index is 1.92.